The lowest BCUT2D eigenvalue weighted by Crippen LogP contribution is -2.04. The largest absolute Gasteiger partial charge is 0.269 e. The summed E-state index contributed by atoms with van der Waals surface area (Å²) in [5, 5.41) is 48.0. The number of hydrogen-bond donors (Lipinski definition) is 0. The molecule has 0 aliphatic heterocycles. The highest BCUT2D eigenvalue weighted by molar-refractivity contribution is 6.11. The van der Waals surface area contributed by atoms with Gasteiger partial charge in [0.2, 0.25) is 0 Å². The number of fused-ring (bicyclic) bond motifs is 2. The maximum Gasteiger partial charge on any atom is 0.269 e. The van der Waals surface area contributed by atoms with Crippen LogP contribution in [0.1, 0.15) is 33.4 Å². The van der Waals surface area contributed by atoms with Gasteiger partial charge in [0.15, 0.2) is 5.70 Å². The van der Waals surface area contributed by atoms with Crippen molar-refractivity contribution in [2.24, 2.45) is 0 Å². The smallest absolute Gasteiger partial charge is 0.238 e. The van der Waals surface area contributed by atoms with Gasteiger partial charge in [-0.15, -0.1) is 0 Å². The predicted molar refractivity (Wildman–Crippen MR) is 102 cm³/mol. The molecule has 0 spiro atoms. The first-order valence-corrected chi connectivity index (χ1v) is 7.86. The number of rotatable bonds is 0. The van der Waals surface area contributed by atoms with Gasteiger partial charge in [0.05, 0.1) is 60.7 Å². The molecule has 0 saturated heterocycles. The highest BCUT2D eigenvalue weighted by atomic mass is 14.7. The lowest BCUT2D eigenvalue weighted by molar-refractivity contribution is 1.38. The van der Waals surface area contributed by atoms with Crippen molar-refractivity contribution >= 4 is 22.4 Å². The zero-order valence-corrected chi connectivity index (χ0v) is 14.7. The van der Waals surface area contributed by atoms with Crippen LogP contribution in [0.4, 0.5) is 0 Å². The van der Waals surface area contributed by atoms with Crippen LogP contribution in [0.3, 0.4) is 0 Å². The second-order valence-electron chi connectivity index (χ2n) is 5.76. The summed E-state index contributed by atoms with van der Waals surface area (Å²) >= 11 is 0. The van der Waals surface area contributed by atoms with E-state index in [-0.39, 0.29) is 67.2 Å². The molecule has 3 rings (SSSR count). The zero-order valence-electron chi connectivity index (χ0n) is 14.7. The Balaban J connectivity index is 2.74. The molecule has 0 atom stereocenters. The van der Waals surface area contributed by atoms with Crippen LogP contribution in [0.2, 0.25) is 0 Å². The van der Waals surface area contributed by atoms with Crippen molar-refractivity contribution in [2.75, 3.05) is 0 Å². The summed E-state index contributed by atoms with van der Waals surface area (Å²) < 4.78 is 0. The van der Waals surface area contributed by atoms with Crippen molar-refractivity contribution in [1.29, 1.82) is 26.3 Å². The van der Waals surface area contributed by atoms with Gasteiger partial charge >= 0.3 is 0 Å². The van der Waals surface area contributed by atoms with Gasteiger partial charge < -0.3 is 0 Å². The molecule has 30 heavy (non-hydrogen) atoms. The average molecular weight is 378 g/mol. The molecule has 2 aliphatic rings. The van der Waals surface area contributed by atoms with Crippen molar-refractivity contribution in [3.05, 3.63) is 91.2 Å². The van der Waals surface area contributed by atoms with E-state index in [0.717, 1.165) is 0 Å². The van der Waals surface area contributed by atoms with Crippen LogP contribution in [0.25, 0.3) is 37.0 Å². The molecule has 0 unspecified atom stereocenters. The van der Waals surface area contributed by atoms with Gasteiger partial charge in [0.25, 0.3) is 11.4 Å². The summed E-state index contributed by atoms with van der Waals surface area (Å²) in [7, 11) is 0. The van der Waals surface area contributed by atoms with Gasteiger partial charge in [-0.2, -0.15) is 15.8 Å². The quantitative estimate of drug-likeness (QED) is 0.498. The first-order chi connectivity index (χ1) is 14.6. The molecule has 0 N–H and O–H groups in total. The van der Waals surface area contributed by atoms with Gasteiger partial charge in [-0.05, 0) is 17.2 Å². The van der Waals surface area contributed by atoms with E-state index in [2.05, 4.69) is 14.5 Å². The zero-order chi connectivity index (χ0) is 22.0. The van der Waals surface area contributed by atoms with Crippen LogP contribution >= 0.6 is 0 Å². The lowest BCUT2D eigenvalue weighted by Gasteiger charge is -2.15. The maximum atomic E-state index is 9.93. The number of benzene rings is 1. The second kappa shape index (κ2) is 7.02. The highest BCUT2D eigenvalue weighted by Gasteiger charge is 2.37. The van der Waals surface area contributed by atoms with Crippen molar-refractivity contribution in [3.8, 4) is 30.3 Å². The third kappa shape index (κ3) is 2.25. The molecule has 2 aliphatic carbocycles. The van der Waals surface area contributed by atoms with Crippen LogP contribution in [0.15, 0.2) is 23.5 Å². The van der Waals surface area contributed by atoms with E-state index in [1.807, 2.05) is 18.2 Å². The first-order valence-electron chi connectivity index (χ1n) is 7.86. The van der Waals surface area contributed by atoms with E-state index < -0.39 is 0 Å². The molecular formula is C22H2N8. The van der Waals surface area contributed by atoms with Gasteiger partial charge in [-0.3, -0.25) is 0 Å². The normalized spacial score (nSPS) is 15.6. The molecular weight excluding hydrogens is 376 g/mol. The molecule has 0 saturated carbocycles. The van der Waals surface area contributed by atoms with Crippen molar-refractivity contribution < 1.29 is 0 Å². The summed E-state index contributed by atoms with van der Waals surface area (Å²) in [5.41, 5.74) is -0.842. The molecule has 0 amide bonds. The summed E-state index contributed by atoms with van der Waals surface area (Å²) in [5.74, 6) is 0. The third-order valence-corrected chi connectivity index (χ3v) is 4.54. The monoisotopic (exact) mass is 378 g/mol. The van der Waals surface area contributed by atoms with E-state index in [1.54, 1.807) is 12.1 Å². The number of nitriles is 5. The van der Waals surface area contributed by atoms with Crippen LogP contribution < -0.4 is 0 Å². The van der Waals surface area contributed by atoms with Crippen molar-refractivity contribution in [1.82, 2.24) is 0 Å². The molecule has 1 aromatic rings. The lowest BCUT2D eigenvalue weighted by atomic mass is 9.84. The van der Waals surface area contributed by atoms with Gasteiger partial charge in [0.1, 0.15) is 6.07 Å². The van der Waals surface area contributed by atoms with Crippen LogP contribution in [-0.4, -0.2) is 0 Å². The molecule has 0 fully saturated rings. The Hall–Kier alpha value is -5.90. The minimum atomic E-state index is -0.380. The molecule has 0 heterocycles. The van der Waals surface area contributed by atoms with E-state index in [0.29, 0.717) is 0 Å². The Morgan fingerprint density at radius 1 is 0.667 bits per heavy atom. The van der Waals surface area contributed by atoms with E-state index in [4.69, 9.17) is 19.7 Å². The minimum Gasteiger partial charge on any atom is -0.238 e. The molecule has 0 bridgehead atoms. The predicted octanol–water partition coefficient (Wildman–Crippen LogP) is 3.93. The van der Waals surface area contributed by atoms with Crippen molar-refractivity contribution in [3.63, 3.8) is 0 Å². The number of allylic oxidation sites excluding steroid dienone is 7. The Morgan fingerprint density at radius 2 is 1.17 bits per heavy atom. The summed E-state index contributed by atoms with van der Waals surface area (Å²) in [6.07, 6.45) is 2.51. The summed E-state index contributed by atoms with van der Waals surface area (Å²) in [6.45, 7) is 21.9. The Bertz CT molecular complexity index is 1420. The fourth-order valence-electron chi connectivity index (χ4n) is 3.45. The number of nitrogens with zero attached hydrogens (tertiary/aromatic N) is 8. The Morgan fingerprint density at radius 3 is 1.60 bits per heavy atom. The SMILES string of the molecule is [C-]#[N+]C1=C/C(=C(/C#N)[N+]#[C-])c2c(C#N)c3c(c(C#N)c21)C(C#N)=C/C3=C(\C#N)[N+]#[C-]. The molecule has 0 radical (unpaired) electrons. The van der Waals surface area contributed by atoms with Crippen molar-refractivity contribution in [2.45, 2.75) is 0 Å². The fourth-order valence-corrected chi connectivity index (χ4v) is 3.45. The van der Waals surface area contributed by atoms with Crippen LogP contribution in [-0.2, 0) is 0 Å². The van der Waals surface area contributed by atoms with E-state index in [9.17, 15) is 26.3 Å². The van der Waals surface area contributed by atoms with Gasteiger partial charge in [-0.25, -0.2) is 25.1 Å². The van der Waals surface area contributed by atoms with Gasteiger partial charge in [0, 0.05) is 22.3 Å². The molecule has 130 valence electrons. The van der Waals surface area contributed by atoms with Gasteiger partial charge in [-0.1, -0.05) is 6.08 Å². The van der Waals surface area contributed by atoms with Crippen LogP contribution in [0, 0.1) is 76.4 Å². The molecule has 1 aromatic carbocycles. The summed E-state index contributed by atoms with van der Waals surface area (Å²) in [4.78, 5) is 9.66. The average Bonchev–Trinajstić information content (AvgIpc) is 3.34. The fraction of sp³-hybridized carbons (Fsp3) is 0. The third-order valence-electron chi connectivity index (χ3n) is 4.54. The summed E-state index contributed by atoms with van der Waals surface area (Å²) in [6, 6.07) is 9.24. The van der Waals surface area contributed by atoms with E-state index >= 15 is 0 Å². The van der Waals surface area contributed by atoms with E-state index in [1.165, 1.54) is 12.2 Å². The topological polar surface area (TPSA) is 132 Å². The minimum absolute atomic E-state index is 0.00633. The highest BCUT2D eigenvalue weighted by Crippen LogP contribution is 2.50. The molecule has 8 heteroatoms. The second-order valence-corrected chi connectivity index (χ2v) is 5.76. The Labute approximate surface area is 170 Å². The molecule has 0 aromatic heterocycles. The Kier molecular flexibility index (Phi) is 4.42. The first kappa shape index (κ1) is 18.9. The molecule has 8 nitrogen and oxygen atoms in total. The standard InChI is InChI=1S/C22H2N8/c1-28-16-5-13(18(10-27)30-3)21-15(8-25)20-12(17(9-26)29-2)4-11(6-23)19(20)14(7-24)22(16)21/h4-5H/b17-12-,18-13+. The van der Waals surface area contributed by atoms with Crippen LogP contribution in [0.5, 0.6) is 0 Å². The maximum absolute atomic E-state index is 9.93. The number of hydrogen-bond acceptors (Lipinski definition) is 5.